The molecule has 3 rings (SSSR count). The van der Waals surface area contributed by atoms with Crippen molar-refractivity contribution in [1.29, 1.82) is 0 Å². The predicted molar refractivity (Wildman–Crippen MR) is 116 cm³/mol. The van der Waals surface area contributed by atoms with Crippen LogP contribution in [0.1, 0.15) is 59.9 Å². The molecule has 1 N–H and O–H groups in total. The molecule has 2 aromatic rings. The number of carbonyl (C=O) groups is 1. The van der Waals surface area contributed by atoms with Crippen molar-refractivity contribution in [1.82, 2.24) is 5.32 Å². The first-order chi connectivity index (χ1) is 14.1. The Morgan fingerprint density at radius 3 is 2.72 bits per heavy atom. The Kier molecular flexibility index (Phi) is 7.45. The van der Waals surface area contributed by atoms with Crippen molar-refractivity contribution in [3.05, 3.63) is 76.1 Å². The van der Waals surface area contributed by atoms with E-state index in [1.54, 1.807) is 12.1 Å². The van der Waals surface area contributed by atoms with Crippen LogP contribution in [-0.2, 0) is 17.6 Å². The molecule has 0 saturated carbocycles. The molecule has 1 aliphatic carbocycles. The number of carbonyl (C=O) groups excluding carboxylic acids is 1. The zero-order valence-electron chi connectivity index (χ0n) is 17.3. The third-order valence-electron chi connectivity index (χ3n) is 5.46. The van der Waals surface area contributed by atoms with E-state index in [9.17, 15) is 9.18 Å². The summed E-state index contributed by atoms with van der Waals surface area (Å²) >= 11 is 0. The second-order valence-electron chi connectivity index (χ2n) is 7.68. The average molecular weight is 396 g/mol. The molecule has 0 aromatic heterocycles. The van der Waals surface area contributed by atoms with Gasteiger partial charge in [-0.15, -0.1) is 0 Å². The molecule has 29 heavy (non-hydrogen) atoms. The SMILES string of the molecule is CCc1cc(C)cc2c1C=CC2CCCCOC(=O)NCCc1ccc(F)cc1. The summed E-state index contributed by atoms with van der Waals surface area (Å²) in [7, 11) is 0. The van der Waals surface area contributed by atoms with Gasteiger partial charge in [-0.25, -0.2) is 9.18 Å². The highest BCUT2D eigenvalue weighted by atomic mass is 19.1. The molecule has 0 radical (unpaired) electrons. The van der Waals surface area contributed by atoms with Gasteiger partial charge in [0, 0.05) is 12.5 Å². The lowest BCUT2D eigenvalue weighted by Crippen LogP contribution is -2.26. The fourth-order valence-corrected chi connectivity index (χ4v) is 3.92. The van der Waals surface area contributed by atoms with E-state index in [-0.39, 0.29) is 11.9 Å². The van der Waals surface area contributed by atoms with E-state index < -0.39 is 0 Å². The standard InChI is InChI=1S/C25H30FNO2/c1-3-20-16-18(2)17-24-21(9-12-23(20)24)6-4-5-15-29-25(28)27-14-13-19-7-10-22(26)11-8-19/h7-12,16-17,21H,3-6,13-15H2,1-2H3,(H,27,28). The Morgan fingerprint density at radius 2 is 1.97 bits per heavy atom. The molecule has 0 saturated heterocycles. The number of fused-ring (bicyclic) bond motifs is 1. The number of hydrogen-bond donors (Lipinski definition) is 1. The highest BCUT2D eigenvalue weighted by Crippen LogP contribution is 2.36. The number of hydrogen-bond acceptors (Lipinski definition) is 2. The van der Waals surface area contributed by atoms with E-state index in [1.807, 2.05) is 0 Å². The second kappa shape index (κ2) is 10.2. The van der Waals surface area contributed by atoms with Crippen molar-refractivity contribution in [2.45, 2.75) is 51.9 Å². The largest absolute Gasteiger partial charge is 0.450 e. The molecule has 1 unspecified atom stereocenters. The second-order valence-corrected chi connectivity index (χ2v) is 7.68. The van der Waals surface area contributed by atoms with Crippen LogP contribution >= 0.6 is 0 Å². The average Bonchev–Trinajstić information content (AvgIpc) is 3.11. The van der Waals surface area contributed by atoms with Gasteiger partial charge in [-0.05, 0) is 73.4 Å². The molecule has 2 aromatic carbocycles. The lowest BCUT2D eigenvalue weighted by Gasteiger charge is -2.14. The Bertz CT molecular complexity index is 858. The smallest absolute Gasteiger partial charge is 0.407 e. The van der Waals surface area contributed by atoms with Gasteiger partial charge >= 0.3 is 6.09 Å². The van der Waals surface area contributed by atoms with E-state index in [1.165, 1.54) is 34.4 Å². The van der Waals surface area contributed by atoms with Gasteiger partial charge in [-0.2, -0.15) is 0 Å². The summed E-state index contributed by atoms with van der Waals surface area (Å²) in [6, 6.07) is 10.9. The van der Waals surface area contributed by atoms with E-state index in [4.69, 9.17) is 4.74 Å². The number of aryl methyl sites for hydroxylation is 2. The van der Waals surface area contributed by atoms with Crippen molar-refractivity contribution >= 4 is 12.2 Å². The lowest BCUT2D eigenvalue weighted by atomic mass is 9.91. The van der Waals surface area contributed by atoms with Gasteiger partial charge in [0.25, 0.3) is 0 Å². The number of unbranched alkanes of at least 4 members (excludes halogenated alkanes) is 1. The zero-order chi connectivity index (χ0) is 20.6. The Balaban J connectivity index is 1.32. The van der Waals surface area contributed by atoms with Crippen LogP contribution in [0.3, 0.4) is 0 Å². The molecule has 1 aliphatic rings. The highest BCUT2D eigenvalue weighted by Gasteiger charge is 2.19. The molecule has 0 aliphatic heterocycles. The van der Waals surface area contributed by atoms with Crippen LogP contribution < -0.4 is 5.32 Å². The van der Waals surface area contributed by atoms with Gasteiger partial charge in [0.2, 0.25) is 0 Å². The maximum atomic E-state index is 12.9. The molecule has 0 bridgehead atoms. The minimum absolute atomic E-state index is 0.251. The summed E-state index contributed by atoms with van der Waals surface area (Å²) in [6.07, 6.45) is 8.86. The number of rotatable bonds is 9. The van der Waals surface area contributed by atoms with E-state index in [2.05, 4.69) is 43.4 Å². The number of amides is 1. The van der Waals surface area contributed by atoms with Crippen LogP contribution in [0.4, 0.5) is 9.18 Å². The molecular weight excluding hydrogens is 365 g/mol. The number of benzene rings is 2. The minimum atomic E-state index is -0.388. The van der Waals surface area contributed by atoms with E-state index in [0.29, 0.717) is 25.5 Å². The third-order valence-corrected chi connectivity index (χ3v) is 5.46. The molecule has 0 fully saturated rings. The number of alkyl carbamates (subject to hydrolysis) is 1. The first-order valence-corrected chi connectivity index (χ1v) is 10.5. The zero-order valence-corrected chi connectivity index (χ0v) is 17.3. The quantitative estimate of drug-likeness (QED) is 0.533. The molecule has 1 amide bonds. The van der Waals surface area contributed by atoms with Gasteiger partial charge in [0.1, 0.15) is 5.82 Å². The van der Waals surface area contributed by atoms with Gasteiger partial charge in [-0.3, -0.25) is 0 Å². The van der Waals surface area contributed by atoms with Gasteiger partial charge < -0.3 is 10.1 Å². The van der Waals surface area contributed by atoms with Crippen LogP contribution in [0.2, 0.25) is 0 Å². The number of allylic oxidation sites excluding steroid dienone is 1. The number of halogens is 1. The Morgan fingerprint density at radius 1 is 1.17 bits per heavy atom. The Labute approximate surface area is 173 Å². The van der Waals surface area contributed by atoms with Crippen molar-refractivity contribution < 1.29 is 13.9 Å². The van der Waals surface area contributed by atoms with Crippen LogP contribution in [0.5, 0.6) is 0 Å². The fraction of sp³-hybridized carbons (Fsp3) is 0.400. The van der Waals surface area contributed by atoms with Crippen molar-refractivity contribution in [3.63, 3.8) is 0 Å². The number of ether oxygens (including phenoxy) is 1. The first kappa shape index (κ1) is 21.1. The molecule has 0 heterocycles. The van der Waals surface area contributed by atoms with Crippen molar-refractivity contribution in [2.24, 2.45) is 0 Å². The minimum Gasteiger partial charge on any atom is -0.450 e. The first-order valence-electron chi connectivity index (χ1n) is 10.5. The van der Waals surface area contributed by atoms with Crippen LogP contribution in [-0.4, -0.2) is 19.2 Å². The summed E-state index contributed by atoms with van der Waals surface area (Å²) in [5.41, 5.74) is 6.59. The normalized spacial score (nSPS) is 14.7. The molecule has 154 valence electrons. The molecular formula is C25H30FNO2. The summed E-state index contributed by atoms with van der Waals surface area (Å²) in [5, 5.41) is 2.74. The summed E-state index contributed by atoms with van der Waals surface area (Å²) in [6.45, 7) is 5.28. The van der Waals surface area contributed by atoms with Crippen LogP contribution in [0, 0.1) is 12.7 Å². The third kappa shape index (κ3) is 5.93. The van der Waals surface area contributed by atoms with Crippen LogP contribution in [0.15, 0.2) is 42.5 Å². The summed E-state index contributed by atoms with van der Waals surface area (Å²) in [4.78, 5) is 11.8. The van der Waals surface area contributed by atoms with Crippen molar-refractivity contribution in [2.75, 3.05) is 13.2 Å². The Hall–Kier alpha value is -2.62. The van der Waals surface area contributed by atoms with Gasteiger partial charge in [0.15, 0.2) is 0 Å². The molecule has 0 spiro atoms. The maximum absolute atomic E-state index is 12.9. The molecule has 1 atom stereocenters. The van der Waals surface area contributed by atoms with Crippen LogP contribution in [0.25, 0.3) is 6.08 Å². The van der Waals surface area contributed by atoms with E-state index >= 15 is 0 Å². The van der Waals surface area contributed by atoms with Gasteiger partial charge in [-0.1, -0.05) is 48.9 Å². The highest BCUT2D eigenvalue weighted by molar-refractivity contribution is 5.67. The number of nitrogens with one attached hydrogen (secondary N) is 1. The maximum Gasteiger partial charge on any atom is 0.407 e. The summed E-state index contributed by atoms with van der Waals surface area (Å²) < 4.78 is 18.1. The molecule has 4 heteroatoms. The van der Waals surface area contributed by atoms with Gasteiger partial charge in [0.05, 0.1) is 6.61 Å². The van der Waals surface area contributed by atoms with E-state index in [0.717, 1.165) is 31.2 Å². The fourth-order valence-electron chi connectivity index (χ4n) is 3.92. The van der Waals surface area contributed by atoms with Crippen molar-refractivity contribution in [3.8, 4) is 0 Å². The monoisotopic (exact) mass is 395 g/mol. The topological polar surface area (TPSA) is 38.3 Å². The summed E-state index contributed by atoms with van der Waals surface area (Å²) in [5.74, 6) is 0.221. The predicted octanol–water partition coefficient (Wildman–Crippen LogP) is 5.95. The molecule has 3 nitrogen and oxygen atoms in total. The lowest BCUT2D eigenvalue weighted by molar-refractivity contribution is 0.144.